The van der Waals surface area contributed by atoms with Gasteiger partial charge in [-0.25, -0.2) is 4.57 Å². The first-order chi connectivity index (χ1) is 46.8. The van der Waals surface area contributed by atoms with E-state index in [4.69, 9.17) is 42.2 Å². The summed E-state index contributed by atoms with van der Waals surface area (Å²) in [5.74, 6) is -1.97. The molecule has 1 saturated carbocycles. The molecule has 0 radical (unpaired) electrons. The summed E-state index contributed by atoms with van der Waals surface area (Å²) in [4.78, 5) is 51.0. The highest BCUT2D eigenvalue weighted by Crippen LogP contribution is 2.49. The number of carbonyl (C=O) groups is 3. The molecule has 3 fully saturated rings. The molecule has 11 N–H and O–H groups in total. The Balaban J connectivity index is 1.72. The van der Waals surface area contributed by atoms with E-state index < -0.39 is 156 Å². The van der Waals surface area contributed by atoms with E-state index in [-0.39, 0.29) is 19.3 Å². The zero-order valence-electron chi connectivity index (χ0n) is 59.6. The molecule has 3 aliphatic rings. The van der Waals surface area contributed by atoms with Crippen molar-refractivity contribution < 1.29 is 117 Å². The normalized spacial score (nSPS) is 27.7. The number of hydrogen-bond donors (Lipinski definition) is 11. The van der Waals surface area contributed by atoms with E-state index in [1.165, 1.54) is 161 Å². The number of rotatable bonds is 60. The lowest BCUT2D eigenvalue weighted by atomic mass is 9.84. The van der Waals surface area contributed by atoms with Crippen LogP contribution < -0.4 is 0 Å². The number of aliphatic hydroxyl groups excluding tert-OH is 10. The lowest BCUT2D eigenvalue weighted by Crippen LogP contribution is -2.69. The van der Waals surface area contributed by atoms with Gasteiger partial charge in [0, 0.05) is 19.3 Å². The average Bonchev–Trinajstić information content (AvgIpc) is 0.763. The van der Waals surface area contributed by atoms with Crippen LogP contribution in [0.3, 0.4) is 0 Å². The quantitative estimate of drug-likeness (QED) is 0.0117. The predicted octanol–water partition coefficient (Wildman–Crippen LogP) is 10.6. The fourth-order valence-corrected chi connectivity index (χ4v) is 13.8. The third-order valence-corrected chi connectivity index (χ3v) is 20.1. The highest BCUT2D eigenvalue weighted by atomic mass is 31.2. The van der Waals surface area contributed by atoms with Gasteiger partial charge in [-0.05, 0) is 19.3 Å². The van der Waals surface area contributed by atoms with Crippen LogP contribution in [0.5, 0.6) is 0 Å². The number of hydrogen-bond acceptors (Lipinski definition) is 23. The van der Waals surface area contributed by atoms with Crippen molar-refractivity contribution in [3.63, 3.8) is 0 Å². The van der Waals surface area contributed by atoms with Crippen molar-refractivity contribution in [3.8, 4) is 0 Å². The Hall–Kier alpha value is -2.04. The lowest BCUT2D eigenvalue weighted by Gasteiger charge is -2.49. The maximum absolute atomic E-state index is 14.3. The maximum atomic E-state index is 14.3. The average molecular weight is 1420 g/mol. The summed E-state index contributed by atoms with van der Waals surface area (Å²) in [5, 5.41) is 110. The van der Waals surface area contributed by atoms with Gasteiger partial charge >= 0.3 is 25.7 Å². The second-order valence-electron chi connectivity index (χ2n) is 27.7. The van der Waals surface area contributed by atoms with Crippen LogP contribution in [-0.4, -0.2) is 204 Å². The largest absolute Gasteiger partial charge is 0.472 e. The molecule has 3 rings (SSSR count). The second kappa shape index (κ2) is 54.6. The first kappa shape index (κ1) is 89.2. The van der Waals surface area contributed by atoms with E-state index in [0.29, 0.717) is 19.3 Å². The van der Waals surface area contributed by atoms with Crippen LogP contribution in [0.4, 0.5) is 0 Å². The van der Waals surface area contributed by atoms with E-state index in [1.807, 2.05) is 0 Å². The van der Waals surface area contributed by atoms with Crippen LogP contribution in [0.25, 0.3) is 0 Å². The summed E-state index contributed by atoms with van der Waals surface area (Å²) >= 11 is 0. The van der Waals surface area contributed by atoms with Gasteiger partial charge in [-0.15, -0.1) is 0 Å². The molecule has 0 aromatic carbocycles. The number of phosphoric acid groups is 1. The molecule has 2 saturated heterocycles. The number of aliphatic hydroxyl groups is 10. The van der Waals surface area contributed by atoms with Crippen molar-refractivity contribution in [1.29, 1.82) is 0 Å². The second-order valence-corrected chi connectivity index (χ2v) is 29.1. The van der Waals surface area contributed by atoms with E-state index >= 15 is 0 Å². The van der Waals surface area contributed by atoms with E-state index in [0.717, 1.165) is 89.9 Å². The highest BCUT2D eigenvalue weighted by molar-refractivity contribution is 7.47. The first-order valence-corrected chi connectivity index (χ1v) is 39.8. The SMILES string of the molecule is CCCCCCCCCCCCCCCCCCC(=O)OC[C@H](COP(=O)(O)O[C@@H]1[C@H](O[C@H]2O[C@H](COC(=O)CCCCCCCCCCCCCCC)[C@@H](O)[C@H](O)[C@@H]2O)[C@H](O)C(O)[C@H](O)[C@H]1O[C@H]1O[C@H](CO)[C@@H](O)[C@H](O)[C@@H]1O)OC(=O)CCCCCCCCCCCCCCC. The zero-order valence-corrected chi connectivity index (χ0v) is 60.5. The van der Waals surface area contributed by atoms with Gasteiger partial charge in [0.15, 0.2) is 18.7 Å². The van der Waals surface area contributed by atoms with Gasteiger partial charge in [0.25, 0.3) is 0 Å². The van der Waals surface area contributed by atoms with E-state index in [1.54, 1.807) is 0 Å². The minimum atomic E-state index is -5.69. The molecule has 2 unspecified atom stereocenters. The molecule has 24 nitrogen and oxygen atoms in total. The standard InChI is InChI=1S/C72H135O24P/c1-4-7-10-13-16-19-22-25-26-27-30-32-34-37-40-43-46-56(74)88-50-53(91-58(76)48-45-42-39-36-33-29-24-21-18-15-12-9-6-3)51-90-97(86,87)96-70-68(94-71-66(84)61(79)59(77)54(49-73)92-71)64(82)63(81)65(83)69(70)95-72-67(85)62(80)60(78)55(93-72)52-89-57(75)47-44-41-38-35-31-28-23-20-17-14-11-8-5-2/h53-55,59-73,77-85H,4-52H2,1-3H3,(H,86,87)/t53-,54-,55-,59-,60-,61+,62+,63?,64+,65-,66+,67+,68-,69-,70+,71-,72-/m1/s1. The number of esters is 3. The molecule has 0 aromatic rings. The summed E-state index contributed by atoms with van der Waals surface area (Å²) in [6.45, 7) is 3.47. The van der Waals surface area contributed by atoms with Gasteiger partial charge in [0.05, 0.1) is 13.2 Å². The molecule has 18 atom stereocenters. The molecule has 1 aliphatic carbocycles. The van der Waals surface area contributed by atoms with Crippen molar-refractivity contribution in [2.45, 2.75) is 414 Å². The molecule has 0 amide bonds. The number of carbonyl (C=O) groups excluding carboxylic acids is 3. The van der Waals surface area contributed by atoms with Crippen LogP contribution in [0.2, 0.25) is 0 Å². The number of ether oxygens (including phenoxy) is 7. The third-order valence-electron chi connectivity index (χ3n) is 19.1. The fourth-order valence-electron chi connectivity index (χ4n) is 12.9. The molecule has 97 heavy (non-hydrogen) atoms. The summed E-state index contributed by atoms with van der Waals surface area (Å²) in [5.41, 5.74) is 0. The fraction of sp³-hybridized carbons (Fsp3) is 0.958. The van der Waals surface area contributed by atoms with Gasteiger partial charge in [0.2, 0.25) is 0 Å². The molecule has 0 bridgehead atoms. The van der Waals surface area contributed by atoms with Gasteiger partial charge in [-0.3, -0.25) is 23.4 Å². The molecule has 25 heteroatoms. The monoisotopic (exact) mass is 1410 g/mol. The molecule has 2 aliphatic heterocycles. The summed E-state index contributed by atoms with van der Waals surface area (Å²) in [6, 6.07) is 0. The predicted molar refractivity (Wildman–Crippen MR) is 365 cm³/mol. The summed E-state index contributed by atoms with van der Waals surface area (Å²) in [7, 11) is -5.69. The van der Waals surface area contributed by atoms with Crippen LogP contribution in [0, 0.1) is 0 Å². The lowest BCUT2D eigenvalue weighted by molar-refractivity contribution is -0.360. The van der Waals surface area contributed by atoms with Gasteiger partial charge in [0.1, 0.15) is 98.7 Å². The van der Waals surface area contributed by atoms with Crippen molar-refractivity contribution >= 4 is 25.7 Å². The van der Waals surface area contributed by atoms with Gasteiger partial charge < -0.3 is 89.1 Å². The van der Waals surface area contributed by atoms with Crippen LogP contribution in [0.15, 0.2) is 0 Å². The van der Waals surface area contributed by atoms with E-state index in [9.17, 15) is 74.9 Å². The molecule has 0 aromatic heterocycles. The maximum Gasteiger partial charge on any atom is 0.472 e. The molecule has 572 valence electrons. The van der Waals surface area contributed by atoms with Gasteiger partial charge in [-0.1, -0.05) is 271 Å². The zero-order chi connectivity index (χ0) is 71.1. The Morgan fingerprint density at radius 1 is 0.361 bits per heavy atom. The smallest absolute Gasteiger partial charge is 0.463 e. The Morgan fingerprint density at radius 3 is 1.01 bits per heavy atom. The van der Waals surface area contributed by atoms with Crippen LogP contribution in [0.1, 0.15) is 310 Å². The highest BCUT2D eigenvalue weighted by Gasteiger charge is 2.58. The van der Waals surface area contributed by atoms with Crippen molar-refractivity contribution in [2.75, 3.05) is 26.4 Å². The molecule has 2 heterocycles. The Labute approximate surface area is 580 Å². The Morgan fingerprint density at radius 2 is 0.660 bits per heavy atom. The molecular weight excluding hydrogens is 1280 g/mol. The van der Waals surface area contributed by atoms with Crippen molar-refractivity contribution in [1.82, 2.24) is 0 Å². The van der Waals surface area contributed by atoms with Crippen molar-refractivity contribution in [2.24, 2.45) is 0 Å². The topological polar surface area (TPSA) is 374 Å². The summed E-state index contributed by atoms with van der Waals surface area (Å²) < 4.78 is 65.0. The minimum absolute atomic E-state index is 0.0333. The van der Waals surface area contributed by atoms with Crippen molar-refractivity contribution in [3.05, 3.63) is 0 Å². The first-order valence-electron chi connectivity index (χ1n) is 38.3. The summed E-state index contributed by atoms with van der Waals surface area (Å²) in [6.07, 6.45) is 11.6. The molecular formula is C72H135O24P. The third kappa shape index (κ3) is 37.8. The number of phosphoric ester groups is 1. The van der Waals surface area contributed by atoms with Crippen LogP contribution in [-0.2, 0) is 61.2 Å². The minimum Gasteiger partial charge on any atom is -0.463 e. The Bertz CT molecular complexity index is 2010. The van der Waals surface area contributed by atoms with Gasteiger partial charge in [-0.2, -0.15) is 0 Å². The number of unbranched alkanes of at least 4 members (excludes halogenated alkanes) is 39. The van der Waals surface area contributed by atoms with Crippen LogP contribution >= 0.6 is 7.82 Å². The Kier molecular flexibility index (Phi) is 50.2. The van der Waals surface area contributed by atoms with E-state index in [2.05, 4.69) is 20.8 Å². The molecule has 0 spiro atoms.